The van der Waals surface area contributed by atoms with Crippen molar-refractivity contribution >= 4 is 46.4 Å². The Morgan fingerprint density at radius 3 is 2.60 bits per heavy atom. The number of hydrogen-bond acceptors (Lipinski definition) is 4. The summed E-state index contributed by atoms with van der Waals surface area (Å²) in [6.45, 7) is 2.97. The third kappa shape index (κ3) is 4.92. The summed E-state index contributed by atoms with van der Waals surface area (Å²) in [4.78, 5) is 29.6. The number of aryl methyl sites for hydroxylation is 1. The van der Waals surface area contributed by atoms with E-state index in [0.29, 0.717) is 30.2 Å². The number of methoxy groups -OCH3 is 1. The van der Waals surface area contributed by atoms with E-state index < -0.39 is 5.91 Å². The van der Waals surface area contributed by atoms with Gasteiger partial charge in [-0.3, -0.25) is 9.59 Å². The lowest BCUT2D eigenvalue weighted by atomic mass is 10.2. The summed E-state index contributed by atoms with van der Waals surface area (Å²) >= 11 is 12.3. The monoisotopic (exact) mass is 448 g/mol. The highest BCUT2D eigenvalue weighted by molar-refractivity contribution is 6.40. The van der Waals surface area contributed by atoms with Gasteiger partial charge in [-0.05, 0) is 37.6 Å². The number of halogens is 2. The van der Waals surface area contributed by atoms with E-state index in [1.54, 1.807) is 48.0 Å². The van der Waals surface area contributed by atoms with Crippen molar-refractivity contribution in [1.29, 1.82) is 0 Å². The highest BCUT2D eigenvalue weighted by Crippen LogP contribution is 2.27. The second-order valence-electron chi connectivity index (χ2n) is 6.68. The number of pyridine rings is 1. The predicted molar refractivity (Wildman–Crippen MR) is 118 cm³/mol. The number of hydrogen-bond donors (Lipinski definition) is 2. The van der Waals surface area contributed by atoms with Crippen LogP contribution in [0.4, 0.5) is 5.69 Å². The third-order valence-corrected chi connectivity index (χ3v) is 5.19. The van der Waals surface area contributed by atoms with Crippen LogP contribution in [0, 0.1) is 6.92 Å². The van der Waals surface area contributed by atoms with E-state index in [2.05, 4.69) is 15.6 Å². The number of carbonyl (C=O) groups excluding carboxylic acids is 2. The van der Waals surface area contributed by atoms with Crippen molar-refractivity contribution in [3.8, 4) is 0 Å². The van der Waals surface area contributed by atoms with Gasteiger partial charge in [-0.2, -0.15) is 0 Å². The summed E-state index contributed by atoms with van der Waals surface area (Å²) in [5, 5.41) is 6.21. The molecule has 0 unspecified atom stereocenters. The molecule has 2 N–H and O–H groups in total. The molecule has 30 heavy (non-hydrogen) atoms. The van der Waals surface area contributed by atoms with Crippen LogP contribution in [0.3, 0.4) is 0 Å². The molecule has 158 valence electrons. The summed E-state index contributed by atoms with van der Waals surface area (Å²) in [5.41, 5.74) is 2.68. The van der Waals surface area contributed by atoms with E-state index in [0.717, 1.165) is 12.1 Å². The molecule has 2 heterocycles. The van der Waals surface area contributed by atoms with Gasteiger partial charge in [0.15, 0.2) is 5.65 Å². The van der Waals surface area contributed by atoms with Crippen LogP contribution in [-0.4, -0.2) is 41.5 Å². The van der Waals surface area contributed by atoms with E-state index >= 15 is 0 Å². The molecule has 2 aromatic heterocycles. The number of nitrogens with one attached hydrogen (secondary N) is 2. The van der Waals surface area contributed by atoms with E-state index in [9.17, 15) is 9.59 Å². The smallest absolute Gasteiger partial charge is 0.258 e. The summed E-state index contributed by atoms with van der Waals surface area (Å²) in [6, 6.07) is 8.39. The summed E-state index contributed by atoms with van der Waals surface area (Å²) in [5.74, 6) is -0.537. The van der Waals surface area contributed by atoms with Crippen molar-refractivity contribution in [1.82, 2.24) is 14.7 Å². The Morgan fingerprint density at radius 1 is 1.17 bits per heavy atom. The lowest BCUT2D eigenvalue weighted by molar-refractivity contribution is -0.120. The Hall–Kier alpha value is -2.61. The Balaban J connectivity index is 1.82. The number of rotatable bonds is 8. The topological polar surface area (TPSA) is 84.7 Å². The van der Waals surface area contributed by atoms with Crippen molar-refractivity contribution in [3.05, 3.63) is 63.5 Å². The van der Waals surface area contributed by atoms with Crippen molar-refractivity contribution in [3.63, 3.8) is 0 Å². The van der Waals surface area contributed by atoms with Gasteiger partial charge in [-0.25, -0.2) is 4.98 Å². The first-order valence-electron chi connectivity index (χ1n) is 9.40. The average Bonchev–Trinajstić information content (AvgIpc) is 3.02. The van der Waals surface area contributed by atoms with Gasteiger partial charge in [0.05, 0.1) is 39.1 Å². The fourth-order valence-electron chi connectivity index (χ4n) is 3.10. The van der Waals surface area contributed by atoms with Crippen LogP contribution in [-0.2, 0) is 16.0 Å². The first kappa shape index (κ1) is 22.1. The minimum Gasteiger partial charge on any atom is -0.385 e. The number of benzene rings is 1. The van der Waals surface area contributed by atoms with Gasteiger partial charge in [0.2, 0.25) is 5.91 Å². The SMILES string of the molecule is COCCCNC(=O)Cc1c(C)nc2c(NC(=O)c3c(Cl)cccc3Cl)cccn12. The molecule has 0 aliphatic heterocycles. The molecule has 0 saturated heterocycles. The van der Waals surface area contributed by atoms with Gasteiger partial charge in [-0.1, -0.05) is 29.3 Å². The second-order valence-corrected chi connectivity index (χ2v) is 7.50. The molecule has 3 rings (SSSR count). The molecule has 2 amide bonds. The van der Waals surface area contributed by atoms with Crippen LogP contribution in [0.1, 0.15) is 28.2 Å². The van der Waals surface area contributed by atoms with Gasteiger partial charge >= 0.3 is 0 Å². The zero-order valence-corrected chi connectivity index (χ0v) is 18.2. The molecule has 0 radical (unpaired) electrons. The van der Waals surface area contributed by atoms with E-state index in [1.165, 1.54) is 0 Å². The first-order chi connectivity index (χ1) is 14.4. The lowest BCUT2D eigenvalue weighted by Gasteiger charge is -2.10. The van der Waals surface area contributed by atoms with Crippen LogP contribution in [0.2, 0.25) is 10.0 Å². The van der Waals surface area contributed by atoms with Crippen LogP contribution in [0.25, 0.3) is 5.65 Å². The standard InChI is InChI=1S/C21H22Cl2N4O3/c1-13-17(12-18(28)24-9-5-11-30-2)27-10-4-8-16(20(27)25-13)26-21(29)19-14(22)6-3-7-15(19)23/h3-4,6-8,10H,5,9,11-12H2,1-2H3,(H,24,28)(H,26,29). The van der Waals surface area contributed by atoms with Crippen molar-refractivity contribution < 1.29 is 14.3 Å². The maximum absolute atomic E-state index is 12.7. The Labute approximate surface area is 184 Å². The number of imidazole rings is 1. The number of amides is 2. The van der Waals surface area contributed by atoms with Gasteiger partial charge in [0.1, 0.15) is 0 Å². The highest BCUT2D eigenvalue weighted by Gasteiger charge is 2.19. The fraction of sp³-hybridized carbons (Fsp3) is 0.286. The van der Waals surface area contributed by atoms with Crippen LogP contribution in [0.5, 0.6) is 0 Å². The zero-order chi connectivity index (χ0) is 21.7. The number of anilines is 1. The zero-order valence-electron chi connectivity index (χ0n) is 16.7. The van der Waals surface area contributed by atoms with E-state index in [1.807, 2.05) is 6.92 Å². The maximum Gasteiger partial charge on any atom is 0.258 e. The van der Waals surface area contributed by atoms with Crippen LogP contribution < -0.4 is 10.6 Å². The molecule has 0 atom stereocenters. The van der Waals surface area contributed by atoms with Crippen LogP contribution >= 0.6 is 23.2 Å². The van der Waals surface area contributed by atoms with Crippen molar-refractivity contribution in [2.24, 2.45) is 0 Å². The number of nitrogens with zero attached hydrogens (tertiary/aromatic N) is 2. The van der Waals surface area contributed by atoms with Crippen molar-refractivity contribution in [2.75, 3.05) is 25.6 Å². The number of carbonyl (C=O) groups is 2. The maximum atomic E-state index is 12.7. The highest BCUT2D eigenvalue weighted by atomic mass is 35.5. The Bertz CT molecular complexity index is 1060. The normalized spacial score (nSPS) is 10.9. The number of aromatic nitrogens is 2. The minimum absolute atomic E-state index is 0.103. The van der Waals surface area contributed by atoms with Gasteiger partial charge in [0.25, 0.3) is 5.91 Å². The molecule has 0 aliphatic carbocycles. The fourth-order valence-corrected chi connectivity index (χ4v) is 3.67. The van der Waals surface area contributed by atoms with Crippen molar-refractivity contribution in [2.45, 2.75) is 19.8 Å². The molecular weight excluding hydrogens is 427 g/mol. The predicted octanol–water partition coefficient (Wildman–Crippen LogP) is 3.90. The molecule has 9 heteroatoms. The Kier molecular flexibility index (Phi) is 7.31. The van der Waals surface area contributed by atoms with E-state index in [-0.39, 0.29) is 27.9 Å². The molecule has 0 fully saturated rings. The quantitative estimate of drug-likeness (QED) is 0.511. The van der Waals surface area contributed by atoms with Gasteiger partial charge < -0.3 is 19.8 Å². The second kappa shape index (κ2) is 9.93. The average molecular weight is 449 g/mol. The molecule has 0 saturated carbocycles. The first-order valence-corrected chi connectivity index (χ1v) is 10.2. The molecule has 0 spiro atoms. The van der Waals surface area contributed by atoms with Crippen LogP contribution in [0.15, 0.2) is 36.5 Å². The van der Waals surface area contributed by atoms with Gasteiger partial charge in [0, 0.05) is 26.5 Å². The molecular formula is C21H22Cl2N4O3. The summed E-state index contributed by atoms with van der Waals surface area (Å²) in [7, 11) is 1.62. The molecule has 7 nitrogen and oxygen atoms in total. The summed E-state index contributed by atoms with van der Waals surface area (Å²) < 4.78 is 6.78. The molecule has 1 aromatic carbocycles. The molecule has 0 aliphatic rings. The van der Waals surface area contributed by atoms with Gasteiger partial charge in [-0.15, -0.1) is 0 Å². The van der Waals surface area contributed by atoms with E-state index in [4.69, 9.17) is 27.9 Å². The number of fused-ring (bicyclic) bond motifs is 1. The Morgan fingerprint density at radius 2 is 1.90 bits per heavy atom. The number of ether oxygens (including phenoxy) is 1. The molecule has 0 bridgehead atoms. The minimum atomic E-state index is -0.434. The summed E-state index contributed by atoms with van der Waals surface area (Å²) in [6.07, 6.45) is 2.73. The third-order valence-electron chi connectivity index (χ3n) is 4.56. The molecule has 3 aromatic rings. The lowest BCUT2D eigenvalue weighted by Crippen LogP contribution is -2.27. The largest absolute Gasteiger partial charge is 0.385 e.